The third-order valence-corrected chi connectivity index (χ3v) is 4.33. The highest BCUT2D eigenvalue weighted by Gasteiger charge is 2.35. The van der Waals surface area contributed by atoms with Crippen molar-refractivity contribution in [1.82, 2.24) is 15.0 Å². The van der Waals surface area contributed by atoms with E-state index in [4.69, 9.17) is 4.98 Å². The lowest BCUT2D eigenvalue weighted by molar-refractivity contribution is 0.193. The van der Waals surface area contributed by atoms with E-state index in [9.17, 15) is 0 Å². The average Bonchev–Trinajstić information content (AvgIpc) is 2.70. The molecule has 1 atom stereocenters. The molecule has 0 amide bonds. The molecule has 3 heteroatoms. The SMILES string of the molecule is Cc1cnc2nc(C3CCCCC3(C)C)[nH]c2c1. The highest BCUT2D eigenvalue weighted by molar-refractivity contribution is 5.71. The molecule has 3 rings (SSSR count). The van der Waals surface area contributed by atoms with E-state index in [-0.39, 0.29) is 0 Å². The molecule has 1 saturated carbocycles. The molecule has 0 aliphatic heterocycles. The number of rotatable bonds is 1. The first-order valence-corrected chi connectivity index (χ1v) is 6.88. The summed E-state index contributed by atoms with van der Waals surface area (Å²) in [5, 5.41) is 0. The molecule has 0 radical (unpaired) electrons. The summed E-state index contributed by atoms with van der Waals surface area (Å²) >= 11 is 0. The molecule has 1 unspecified atom stereocenters. The molecular formula is C15H21N3. The molecule has 0 spiro atoms. The summed E-state index contributed by atoms with van der Waals surface area (Å²) in [6, 6.07) is 2.13. The van der Waals surface area contributed by atoms with Gasteiger partial charge in [-0.05, 0) is 36.8 Å². The normalized spacial score (nSPS) is 23.4. The van der Waals surface area contributed by atoms with Gasteiger partial charge < -0.3 is 4.98 Å². The number of aromatic amines is 1. The van der Waals surface area contributed by atoms with Gasteiger partial charge >= 0.3 is 0 Å². The average molecular weight is 243 g/mol. The van der Waals surface area contributed by atoms with Crippen LogP contribution in [-0.4, -0.2) is 15.0 Å². The van der Waals surface area contributed by atoms with E-state index in [1.807, 2.05) is 6.20 Å². The van der Waals surface area contributed by atoms with Crippen molar-refractivity contribution in [3.05, 3.63) is 23.7 Å². The Hall–Kier alpha value is -1.38. The van der Waals surface area contributed by atoms with Crippen molar-refractivity contribution in [3.63, 3.8) is 0 Å². The fourth-order valence-corrected chi connectivity index (χ4v) is 3.19. The molecule has 0 aromatic carbocycles. The Balaban J connectivity index is 2.03. The zero-order valence-electron chi connectivity index (χ0n) is 11.5. The minimum atomic E-state index is 0.348. The van der Waals surface area contributed by atoms with Crippen LogP contribution in [-0.2, 0) is 0 Å². The molecule has 3 nitrogen and oxygen atoms in total. The highest BCUT2D eigenvalue weighted by atomic mass is 15.0. The van der Waals surface area contributed by atoms with Crippen LogP contribution in [0.2, 0.25) is 0 Å². The van der Waals surface area contributed by atoms with Gasteiger partial charge in [0, 0.05) is 12.1 Å². The second kappa shape index (κ2) is 4.08. The second-order valence-electron chi connectivity index (χ2n) is 6.29. The molecule has 1 fully saturated rings. The zero-order valence-corrected chi connectivity index (χ0v) is 11.5. The topological polar surface area (TPSA) is 41.6 Å². The van der Waals surface area contributed by atoms with Crippen LogP contribution >= 0.6 is 0 Å². The summed E-state index contributed by atoms with van der Waals surface area (Å²) in [7, 11) is 0. The zero-order chi connectivity index (χ0) is 12.8. The predicted octanol–water partition coefficient (Wildman–Crippen LogP) is 3.95. The Morgan fingerprint density at radius 3 is 2.94 bits per heavy atom. The largest absolute Gasteiger partial charge is 0.340 e. The summed E-state index contributed by atoms with van der Waals surface area (Å²) in [5.41, 5.74) is 3.46. The molecule has 2 aromatic heterocycles. The summed E-state index contributed by atoms with van der Waals surface area (Å²) in [4.78, 5) is 12.6. The minimum absolute atomic E-state index is 0.348. The number of nitrogens with one attached hydrogen (secondary N) is 1. The molecule has 1 aliphatic carbocycles. The number of imidazole rings is 1. The van der Waals surface area contributed by atoms with Gasteiger partial charge in [0.1, 0.15) is 5.82 Å². The fourth-order valence-electron chi connectivity index (χ4n) is 3.19. The summed E-state index contributed by atoms with van der Waals surface area (Å²) in [5.74, 6) is 1.67. The highest BCUT2D eigenvalue weighted by Crippen LogP contribution is 2.45. The van der Waals surface area contributed by atoms with Gasteiger partial charge in [-0.1, -0.05) is 26.7 Å². The van der Waals surface area contributed by atoms with Gasteiger partial charge in [0.05, 0.1) is 5.52 Å². The van der Waals surface area contributed by atoms with Crippen LogP contribution in [0.25, 0.3) is 11.2 Å². The van der Waals surface area contributed by atoms with E-state index in [0.29, 0.717) is 11.3 Å². The van der Waals surface area contributed by atoms with E-state index >= 15 is 0 Å². The smallest absolute Gasteiger partial charge is 0.177 e. The van der Waals surface area contributed by atoms with Crippen molar-refractivity contribution in [2.45, 2.75) is 52.4 Å². The molecule has 18 heavy (non-hydrogen) atoms. The quantitative estimate of drug-likeness (QED) is 0.824. The van der Waals surface area contributed by atoms with Crippen LogP contribution < -0.4 is 0 Å². The fraction of sp³-hybridized carbons (Fsp3) is 0.600. The van der Waals surface area contributed by atoms with Crippen LogP contribution in [0.5, 0.6) is 0 Å². The number of aryl methyl sites for hydroxylation is 1. The van der Waals surface area contributed by atoms with Gasteiger partial charge in [-0.3, -0.25) is 0 Å². The van der Waals surface area contributed by atoms with Gasteiger partial charge in [-0.25, -0.2) is 9.97 Å². The predicted molar refractivity (Wildman–Crippen MR) is 73.6 cm³/mol. The Morgan fingerprint density at radius 2 is 2.17 bits per heavy atom. The van der Waals surface area contributed by atoms with Gasteiger partial charge in [0.2, 0.25) is 0 Å². The number of fused-ring (bicyclic) bond motifs is 1. The molecule has 1 aliphatic rings. The van der Waals surface area contributed by atoms with Crippen molar-refractivity contribution in [2.24, 2.45) is 5.41 Å². The number of hydrogen-bond donors (Lipinski definition) is 1. The molecule has 2 aromatic rings. The van der Waals surface area contributed by atoms with Crippen molar-refractivity contribution < 1.29 is 0 Å². The maximum Gasteiger partial charge on any atom is 0.177 e. The summed E-state index contributed by atoms with van der Waals surface area (Å²) < 4.78 is 0. The first-order chi connectivity index (χ1) is 8.56. The molecule has 2 heterocycles. The maximum absolute atomic E-state index is 4.71. The van der Waals surface area contributed by atoms with Crippen molar-refractivity contribution in [2.75, 3.05) is 0 Å². The monoisotopic (exact) mass is 243 g/mol. The molecule has 0 bridgehead atoms. The van der Waals surface area contributed by atoms with Crippen LogP contribution in [0.3, 0.4) is 0 Å². The lowest BCUT2D eigenvalue weighted by Gasteiger charge is -2.37. The molecule has 0 saturated heterocycles. The van der Waals surface area contributed by atoms with Gasteiger partial charge in [0.25, 0.3) is 0 Å². The van der Waals surface area contributed by atoms with Crippen LogP contribution in [0, 0.1) is 12.3 Å². The number of pyridine rings is 1. The Labute approximate surface area is 108 Å². The summed E-state index contributed by atoms with van der Waals surface area (Å²) in [6.45, 7) is 6.79. The van der Waals surface area contributed by atoms with E-state index in [1.165, 1.54) is 31.2 Å². The Kier molecular flexibility index (Phi) is 2.65. The minimum Gasteiger partial charge on any atom is -0.340 e. The molecule has 96 valence electrons. The Morgan fingerprint density at radius 1 is 1.33 bits per heavy atom. The van der Waals surface area contributed by atoms with E-state index < -0.39 is 0 Å². The van der Waals surface area contributed by atoms with Crippen molar-refractivity contribution >= 4 is 11.2 Å². The van der Waals surface area contributed by atoms with E-state index in [0.717, 1.165) is 17.0 Å². The standard InChI is InChI=1S/C15H21N3/c1-10-8-12-14(16-9-10)18-13(17-12)11-6-4-5-7-15(11,2)3/h8-9,11H,4-7H2,1-3H3,(H,16,17,18). The van der Waals surface area contributed by atoms with Crippen molar-refractivity contribution in [3.8, 4) is 0 Å². The van der Waals surface area contributed by atoms with Crippen molar-refractivity contribution in [1.29, 1.82) is 0 Å². The maximum atomic E-state index is 4.71. The van der Waals surface area contributed by atoms with Crippen LogP contribution in [0.1, 0.15) is 56.8 Å². The molecular weight excluding hydrogens is 222 g/mol. The second-order valence-corrected chi connectivity index (χ2v) is 6.29. The summed E-state index contributed by atoms with van der Waals surface area (Å²) in [6.07, 6.45) is 7.09. The lowest BCUT2D eigenvalue weighted by atomic mass is 9.68. The number of H-pyrrole nitrogens is 1. The van der Waals surface area contributed by atoms with Crippen LogP contribution in [0.15, 0.2) is 12.3 Å². The first-order valence-electron chi connectivity index (χ1n) is 6.88. The van der Waals surface area contributed by atoms with Crippen LogP contribution in [0.4, 0.5) is 0 Å². The third kappa shape index (κ3) is 1.92. The first kappa shape index (κ1) is 11.7. The third-order valence-electron chi connectivity index (χ3n) is 4.33. The Bertz CT molecular complexity index is 568. The van der Waals surface area contributed by atoms with Gasteiger partial charge in [-0.15, -0.1) is 0 Å². The lowest BCUT2D eigenvalue weighted by Crippen LogP contribution is -2.26. The van der Waals surface area contributed by atoms with E-state index in [1.54, 1.807) is 0 Å². The van der Waals surface area contributed by atoms with E-state index in [2.05, 4.69) is 36.8 Å². The van der Waals surface area contributed by atoms with Gasteiger partial charge in [0.15, 0.2) is 5.65 Å². The number of nitrogens with zero attached hydrogens (tertiary/aromatic N) is 2. The molecule has 1 N–H and O–H groups in total. The number of aromatic nitrogens is 3. The van der Waals surface area contributed by atoms with Gasteiger partial charge in [-0.2, -0.15) is 0 Å². The number of hydrogen-bond acceptors (Lipinski definition) is 2.